The molecule has 3 aromatic rings. The third-order valence-corrected chi connectivity index (χ3v) is 3.76. The third-order valence-electron chi connectivity index (χ3n) is 3.76. The first-order valence-electron chi connectivity index (χ1n) is 7.68. The second-order valence-corrected chi connectivity index (χ2v) is 5.55. The summed E-state index contributed by atoms with van der Waals surface area (Å²) in [4.78, 5) is 12.3. The Morgan fingerprint density at radius 3 is 2.83 bits per heavy atom. The van der Waals surface area contributed by atoms with Gasteiger partial charge >= 0.3 is 0 Å². The van der Waals surface area contributed by atoms with E-state index in [1.54, 1.807) is 18.0 Å². The molecule has 0 atom stereocenters. The summed E-state index contributed by atoms with van der Waals surface area (Å²) in [5.41, 5.74) is 3.36. The zero-order chi connectivity index (χ0) is 16.9. The van der Waals surface area contributed by atoms with Gasteiger partial charge in [-0.15, -0.1) is 0 Å². The van der Waals surface area contributed by atoms with Gasteiger partial charge in [0.1, 0.15) is 5.75 Å². The van der Waals surface area contributed by atoms with Crippen LogP contribution in [0.4, 0.5) is 5.69 Å². The number of hydrogen-bond donors (Lipinski definition) is 1. The molecule has 5 nitrogen and oxygen atoms in total. The van der Waals surface area contributed by atoms with Crippen molar-refractivity contribution in [1.82, 2.24) is 9.78 Å². The van der Waals surface area contributed by atoms with Crippen molar-refractivity contribution in [3.8, 4) is 5.75 Å². The largest absolute Gasteiger partial charge is 0.497 e. The van der Waals surface area contributed by atoms with Gasteiger partial charge < -0.3 is 10.1 Å². The summed E-state index contributed by atoms with van der Waals surface area (Å²) in [5, 5.41) is 7.18. The molecule has 0 bridgehead atoms. The molecule has 1 N–H and O–H groups in total. The van der Waals surface area contributed by atoms with Gasteiger partial charge in [-0.05, 0) is 36.2 Å². The Morgan fingerprint density at radius 1 is 1.21 bits per heavy atom. The van der Waals surface area contributed by atoms with E-state index in [0.717, 1.165) is 16.9 Å². The van der Waals surface area contributed by atoms with E-state index in [9.17, 15) is 4.79 Å². The van der Waals surface area contributed by atoms with Crippen molar-refractivity contribution < 1.29 is 9.53 Å². The molecule has 0 unspecified atom stereocenters. The van der Waals surface area contributed by atoms with Gasteiger partial charge in [0.2, 0.25) is 0 Å². The molecule has 3 rings (SSSR count). The summed E-state index contributed by atoms with van der Waals surface area (Å²) in [7, 11) is 1.65. The maximum absolute atomic E-state index is 12.3. The number of amides is 1. The van der Waals surface area contributed by atoms with Crippen LogP contribution in [-0.4, -0.2) is 22.8 Å². The van der Waals surface area contributed by atoms with Crippen molar-refractivity contribution in [2.24, 2.45) is 0 Å². The van der Waals surface area contributed by atoms with Crippen LogP contribution in [0.3, 0.4) is 0 Å². The Labute approximate surface area is 140 Å². The van der Waals surface area contributed by atoms with Crippen LogP contribution in [0.5, 0.6) is 5.75 Å². The lowest BCUT2D eigenvalue weighted by Crippen LogP contribution is -2.12. The van der Waals surface area contributed by atoms with Crippen molar-refractivity contribution in [2.75, 3.05) is 12.4 Å². The summed E-state index contributed by atoms with van der Waals surface area (Å²) in [6, 6.07) is 15.3. The molecule has 0 aliphatic rings. The highest BCUT2D eigenvalue weighted by molar-refractivity contribution is 6.05. The molecule has 2 aromatic carbocycles. The summed E-state index contributed by atoms with van der Waals surface area (Å²) < 4.78 is 7.00. The number of rotatable bonds is 5. The van der Waals surface area contributed by atoms with Crippen molar-refractivity contribution in [2.45, 2.75) is 13.5 Å². The number of anilines is 1. The van der Waals surface area contributed by atoms with Gasteiger partial charge in [0.15, 0.2) is 0 Å². The molecule has 1 aromatic heterocycles. The third kappa shape index (κ3) is 3.63. The molecule has 0 aliphatic heterocycles. The molecule has 0 fully saturated rings. The van der Waals surface area contributed by atoms with Crippen molar-refractivity contribution in [3.05, 3.63) is 77.6 Å². The predicted molar refractivity (Wildman–Crippen MR) is 93.5 cm³/mol. The number of nitrogens with zero attached hydrogens (tertiary/aromatic N) is 2. The van der Waals surface area contributed by atoms with Crippen LogP contribution in [0, 0.1) is 6.92 Å². The molecule has 0 saturated heterocycles. The van der Waals surface area contributed by atoms with Gasteiger partial charge in [0, 0.05) is 11.8 Å². The standard InChI is InChI=1S/C19H19N3O2/c1-14-6-3-4-9-18(14)19(23)21-16-11-20-22(13-16)12-15-7-5-8-17(10-15)24-2/h3-11,13H,12H2,1-2H3,(H,21,23). The Bertz CT molecular complexity index is 855. The number of aromatic nitrogens is 2. The van der Waals surface area contributed by atoms with Crippen LogP contribution in [0.2, 0.25) is 0 Å². The summed E-state index contributed by atoms with van der Waals surface area (Å²) >= 11 is 0. The molecule has 5 heteroatoms. The van der Waals surface area contributed by atoms with Crippen LogP contribution in [0.15, 0.2) is 60.9 Å². The number of aryl methyl sites for hydroxylation is 1. The first-order chi connectivity index (χ1) is 11.7. The minimum atomic E-state index is -0.131. The Balaban J connectivity index is 1.69. The molecule has 24 heavy (non-hydrogen) atoms. The number of carbonyl (C=O) groups excluding carboxylic acids is 1. The first-order valence-corrected chi connectivity index (χ1v) is 7.68. The highest BCUT2D eigenvalue weighted by Gasteiger charge is 2.09. The molecule has 0 aliphatic carbocycles. The first kappa shape index (κ1) is 15.8. The molecular formula is C19H19N3O2. The summed E-state index contributed by atoms with van der Waals surface area (Å²) in [6.07, 6.45) is 3.46. The Morgan fingerprint density at radius 2 is 2.04 bits per heavy atom. The summed E-state index contributed by atoms with van der Waals surface area (Å²) in [6.45, 7) is 2.53. The molecule has 0 saturated carbocycles. The number of ether oxygens (including phenoxy) is 1. The minimum absolute atomic E-state index is 0.131. The Hall–Kier alpha value is -3.08. The minimum Gasteiger partial charge on any atom is -0.497 e. The van der Waals surface area contributed by atoms with E-state index in [-0.39, 0.29) is 5.91 Å². The van der Waals surface area contributed by atoms with E-state index >= 15 is 0 Å². The van der Waals surface area contributed by atoms with Gasteiger partial charge in [-0.1, -0.05) is 30.3 Å². The molecule has 0 radical (unpaired) electrons. The maximum Gasteiger partial charge on any atom is 0.256 e. The lowest BCUT2D eigenvalue weighted by molar-refractivity contribution is 0.102. The fourth-order valence-electron chi connectivity index (χ4n) is 2.50. The monoisotopic (exact) mass is 321 g/mol. The number of carbonyl (C=O) groups is 1. The Kier molecular flexibility index (Phi) is 4.61. The average Bonchev–Trinajstić information content (AvgIpc) is 3.02. The highest BCUT2D eigenvalue weighted by atomic mass is 16.5. The zero-order valence-corrected chi connectivity index (χ0v) is 13.7. The van der Waals surface area contributed by atoms with E-state index in [0.29, 0.717) is 17.8 Å². The van der Waals surface area contributed by atoms with Gasteiger partial charge in [-0.25, -0.2) is 0 Å². The van der Waals surface area contributed by atoms with E-state index in [1.165, 1.54) is 0 Å². The van der Waals surface area contributed by atoms with E-state index in [1.807, 2.05) is 61.7 Å². The van der Waals surface area contributed by atoms with Crippen LogP contribution >= 0.6 is 0 Å². The smallest absolute Gasteiger partial charge is 0.256 e. The zero-order valence-electron chi connectivity index (χ0n) is 13.7. The van der Waals surface area contributed by atoms with E-state index < -0.39 is 0 Å². The molecule has 0 spiro atoms. The van der Waals surface area contributed by atoms with E-state index in [2.05, 4.69) is 10.4 Å². The quantitative estimate of drug-likeness (QED) is 0.782. The topological polar surface area (TPSA) is 56.1 Å². The van der Waals surface area contributed by atoms with E-state index in [4.69, 9.17) is 4.74 Å². The SMILES string of the molecule is COc1cccc(Cn2cc(NC(=O)c3ccccc3C)cn2)c1. The van der Waals surface area contributed by atoms with Gasteiger partial charge in [-0.2, -0.15) is 5.10 Å². The lowest BCUT2D eigenvalue weighted by atomic mass is 10.1. The van der Waals surface area contributed by atoms with Crippen LogP contribution in [0.1, 0.15) is 21.5 Å². The van der Waals surface area contributed by atoms with Gasteiger partial charge in [0.25, 0.3) is 5.91 Å². The second kappa shape index (κ2) is 7.00. The maximum atomic E-state index is 12.3. The molecule has 1 amide bonds. The molecule has 122 valence electrons. The fourth-order valence-corrected chi connectivity index (χ4v) is 2.50. The number of hydrogen-bond acceptors (Lipinski definition) is 3. The van der Waals surface area contributed by atoms with Gasteiger partial charge in [-0.3, -0.25) is 9.48 Å². The lowest BCUT2D eigenvalue weighted by Gasteiger charge is -2.06. The second-order valence-electron chi connectivity index (χ2n) is 5.55. The normalized spacial score (nSPS) is 10.4. The highest BCUT2D eigenvalue weighted by Crippen LogP contribution is 2.15. The van der Waals surface area contributed by atoms with Gasteiger partial charge in [0.05, 0.1) is 25.5 Å². The summed E-state index contributed by atoms with van der Waals surface area (Å²) in [5.74, 6) is 0.682. The number of benzene rings is 2. The fraction of sp³-hybridized carbons (Fsp3) is 0.158. The molecule has 1 heterocycles. The molecular weight excluding hydrogens is 302 g/mol. The van der Waals surface area contributed by atoms with Crippen molar-refractivity contribution in [3.63, 3.8) is 0 Å². The average molecular weight is 321 g/mol. The van der Waals surface area contributed by atoms with Crippen LogP contribution < -0.4 is 10.1 Å². The predicted octanol–water partition coefficient (Wildman–Crippen LogP) is 3.50. The van der Waals surface area contributed by atoms with Crippen LogP contribution in [-0.2, 0) is 6.54 Å². The number of methoxy groups -OCH3 is 1. The van der Waals surface area contributed by atoms with Crippen molar-refractivity contribution >= 4 is 11.6 Å². The number of nitrogens with one attached hydrogen (secondary N) is 1. The van der Waals surface area contributed by atoms with Crippen LogP contribution in [0.25, 0.3) is 0 Å². The van der Waals surface area contributed by atoms with Crippen molar-refractivity contribution in [1.29, 1.82) is 0 Å².